The lowest BCUT2D eigenvalue weighted by atomic mass is 10.0. The zero-order valence-corrected chi connectivity index (χ0v) is 12.9. The number of carboxylic acids is 1. The second-order valence-corrected chi connectivity index (χ2v) is 5.76. The highest BCUT2D eigenvalue weighted by atomic mass is 16.4. The summed E-state index contributed by atoms with van der Waals surface area (Å²) in [6.07, 6.45) is -0.00341. The molecule has 0 radical (unpaired) electrons. The molecule has 1 fully saturated rings. The molecule has 1 saturated heterocycles. The number of hydrogen-bond acceptors (Lipinski definition) is 4. The smallest absolute Gasteiger partial charge is 0.308 e. The molecule has 0 unspecified atom stereocenters. The van der Waals surface area contributed by atoms with Gasteiger partial charge in [0.1, 0.15) is 0 Å². The molecule has 2 rings (SSSR count). The van der Waals surface area contributed by atoms with Gasteiger partial charge in [0.05, 0.1) is 5.92 Å². The summed E-state index contributed by atoms with van der Waals surface area (Å²) in [4.78, 5) is 27.8. The standard InChI is InChI=1S/C16H23N3O3/c1-18-7-9-19(10-8-18)12-13(16(21)22)11-15(20)17-14-5-3-2-4-6-14/h2-6,13H,7-12H2,1H3,(H,17,20)(H,21,22)/t13-/m1/s1. The monoisotopic (exact) mass is 305 g/mol. The van der Waals surface area contributed by atoms with Gasteiger partial charge in [-0.25, -0.2) is 0 Å². The molecule has 1 amide bonds. The Balaban J connectivity index is 1.86. The van der Waals surface area contributed by atoms with Crippen molar-refractivity contribution in [3.05, 3.63) is 30.3 Å². The summed E-state index contributed by atoms with van der Waals surface area (Å²) in [7, 11) is 2.05. The van der Waals surface area contributed by atoms with E-state index in [2.05, 4.69) is 22.2 Å². The molecule has 1 aliphatic heterocycles. The number of carbonyl (C=O) groups is 2. The van der Waals surface area contributed by atoms with Gasteiger partial charge in [-0.3, -0.25) is 14.5 Å². The number of piperazine rings is 1. The third-order valence-electron chi connectivity index (χ3n) is 3.91. The Morgan fingerprint density at radius 3 is 2.41 bits per heavy atom. The number of carbonyl (C=O) groups excluding carboxylic acids is 1. The number of para-hydroxylation sites is 1. The Morgan fingerprint density at radius 1 is 1.18 bits per heavy atom. The Kier molecular flexibility index (Phi) is 5.91. The number of aliphatic carboxylic acids is 1. The van der Waals surface area contributed by atoms with E-state index in [0.29, 0.717) is 12.2 Å². The summed E-state index contributed by atoms with van der Waals surface area (Å²) in [6, 6.07) is 9.09. The lowest BCUT2D eigenvalue weighted by molar-refractivity contribution is -0.144. The number of nitrogens with one attached hydrogen (secondary N) is 1. The van der Waals surface area contributed by atoms with Crippen molar-refractivity contribution in [1.82, 2.24) is 9.80 Å². The molecule has 22 heavy (non-hydrogen) atoms. The molecule has 6 heteroatoms. The van der Waals surface area contributed by atoms with E-state index in [1.165, 1.54) is 0 Å². The third kappa shape index (κ3) is 5.13. The Labute approximate surface area is 130 Å². The van der Waals surface area contributed by atoms with Crippen LogP contribution in [0.4, 0.5) is 5.69 Å². The van der Waals surface area contributed by atoms with Crippen molar-refractivity contribution in [3.8, 4) is 0 Å². The van der Waals surface area contributed by atoms with Gasteiger partial charge in [-0.05, 0) is 19.2 Å². The first-order valence-electron chi connectivity index (χ1n) is 7.53. The maximum atomic E-state index is 12.0. The molecular weight excluding hydrogens is 282 g/mol. The van der Waals surface area contributed by atoms with Gasteiger partial charge in [0.15, 0.2) is 0 Å². The van der Waals surface area contributed by atoms with E-state index >= 15 is 0 Å². The van der Waals surface area contributed by atoms with Gasteiger partial charge in [0, 0.05) is 44.8 Å². The van der Waals surface area contributed by atoms with E-state index in [-0.39, 0.29) is 12.3 Å². The van der Waals surface area contributed by atoms with E-state index in [1.807, 2.05) is 18.2 Å². The fraction of sp³-hybridized carbons (Fsp3) is 0.500. The number of nitrogens with zero attached hydrogens (tertiary/aromatic N) is 2. The summed E-state index contributed by atoms with van der Waals surface area (Å²) in [5.41, 5.74) is 0.691. The van der Waals surface area contributed by atoms with Gasteiger partial charge in [0.25, 0.3) is 0 Å². The fourth-order valence-electron chi connectivity index (χ4n) is 2.53. The minimum atomic E-state index is -0.915. The Hall–Kier alpha value is -1.92. The number of anilines is 1. The van der Waals surface area contributed by atoms with Crippen molar-refractivity contribution in [2.75, 3.05) is 45.1 Å². The summed E-state index contributed by atoms with van der Waals surface area (Å²) < 4.78 is 0. The van der Waals surface area contributed by atoms with Crippen LogP contribution < -0.4 is 5.32 Å². The maximum Gasteiger partial charge on any atom is 0.308 e. The zero-order chi connectivity index (χ0) is 15.9. The average Bonchev–Trinajstić information content (AvgIpc) is 2.49. The molecule has 0 saturated carbocycles. The fourth-order valence-corrected chi connectivity index (χ4v) is 2.53. The van der Waals surface area contributed by atoms with Gasteiger partial charge >= 0.3 is 5.97 Å². The highest BCUT2D eigenvalue weighted by molar-refractivity contribution is 5.93. The molecule has 1 atom stereocenters. The highest BCUT2D eigenvalue weighted by Crippen LogP contribution is 2.12. The molecule has 0 spiro atoms. The van der Waals surface area contributed by atoms with Crippen LogP contribution in [-0.4, -0.2) is 66.6 Å². The Morgan fingerprint density at radius 2 is 1.82 bits per heavy atom. The van der Waals surface area contributed by atoms with E-state index < -0.39 is 11.9 Å². The lowest BCUT2D eigenvalue weighted by Crippen LogP contribution is -2.47. The predicted octanol–water partition coefficient (Wildman–Crippen LogP) is 0.963. The molecule has 0 aromatic heterocycles. The van der Waals surface area contributed by atoms with Crippen LogP contribution in [0.15, 0.2) is 30.3 Å². The van der Waals surface area contributed by atoms with Gasteiger partial charge in [-0.1, -0.05) is 18.2 Å². The van der Waals surface area contributed by atoms with Gasteiger partial charge in [-0.2, -0.15) is 0 Å². The van der Waals surface area contributed by atoms with Crippen LogP contribution in [0.25, 0.3) is 0 Å². The van der Waals surface area contributed by atoms with Crippen LogP contribution in [0.2, 0.25) is 0 Å². The van der Waals surface area contributed by atoms with Gasteiger partial charge in [0.2, 0.25) is 5.91 Å². The molecule has 6 nitrogen and oxygen atoms in total. The molecule has 0 bridgehead atoms. The molecule has 0 aliphatic carbocycles. The van der Waals surface area contributed by atoms with Crippen molar-refractivity contribution >= 4 is 17.6 Å². The summed E-state index contributed by atoms with van der Waals surface area (Å²) >= 11 is 0. The summed E-state index contributed by atoms with van der Waals surface area (Å²) in [5, 5.41) is 12.1. The predicted molar refractivity (Wildman–Crippen MR) is 84.8 cm³/mol. The molecule has 1 aliphatic rings. The van der Waals surface area contributed by atoms with Crippen molar-refractivity contribution < 1.29 is 14.7 Å². The first-order valence-corrected chi connectivity index (χ1v) is 7.53. The minimum Gasteiger partial charge on any atom is -0.481 e. The zero-order valence-electron chi connectivity index (χ0n) is 12.9. The number of benzene rings is 1. The molecule has 1 aromatic rings. The number of carboxylic acid groups (broad SMARTS) is 1. The SMILES string of the molecule is CN1CCN(C[C@@H](CC(=O)Nc2ccccc2)C(=O)O)CC1. The molecule has 1 aromatic carbocycles. The topological polar surface area (TPSA) is 72.9 Å². The van der Waals surface area contributed by atoms with Crippen molar-refractivity contribution in [1.29, 1.82) is 0 Å². The number of hydrogen-bond donors (Lipinski definition) is 2. The number of likely N-dealkylation sites (N-methyl/N-ethyl adjacent to an activating group) is 1. The number of amides is 1. The second-order valence-electron chi connectivity index (χ2n) is 5.76. The van der Waals surface area contributed by atoms with Crippen LogP contribution in [0, 0.1) is 5.92 Å². The normalized spacial score (nSPS) is 17.9. The summed E-state index contributed by atoms with van der Waals surface area (Å²) in [5.74, 6) is -1.85. The summed E-state index contributed by atoms with van der Waals surface area (Å²) in [6.45, 7) is 3.98. The van der Waals surface area contributed by atoms with Gasteiger partial charge in [-0.15, -0.1) is 0 Å². The first kappa shape index (κ1) is 16.5. The van der Waals surface area contributed by atoms with Crippen LogP contribution in [-0.2, 0) is 9.59 Å². The van der Waals surface area contributed by atoms with Crippen LogP contribution in [0.3, 0.4) is 0 Å². The van der Waals surface area contributed by atoms with E-state index in [9.17, 15) is 14.7 Å². The minimum absolute atomic E-state index is 0.00341. The van der Waals surface area contributed by atoms with E-state index in [0.717, 1.165) is 26.2 Å². The quantitative estimate of drug-likeness (QED) is 0.819. The lowest BCUT2D eigenvalue weighted by Gasteiger charge is -2.33. The average molecular weight is 305 g/mol. The first-order chi connectivity index (χ1) is 10.5. The third-order valence-corrected chi connectivity index (χ3v) is 3.91. The molecule has 120 valence electrons. The van der Waals surface area contributed by atoms with Crippen molar-refractivity contribution in [2.24, 2.45) is 5.92 Å². The second kappa shape index (κ2) is 7.91. The molecule has 2 N–H and O–H groups in total. The van der Waals surface area contributed by atoms with Crippen LogP contribution >= 0.6 is 0 Å². The molecular formula is C16H23N3O3. The number of rotatable bonds is 6. The van der Waals surface area contributed by atoms with Crippen LogP contribution in [0.5, 0.6) is 0 Å². The van der Waals surface area contributed by atoms with E-state index in [1.54, 1.807) is 12.1 Å². The Bertz CT molecular complexity index is 499. The van der Waals surface area contributed by atoms with Crippen molar-refractivity contribution in [3.63, 3.8) is 0 Å². The largest absolute Gasteiger partial charge is 0.481 e. The van der Waals surface area contributed by atoms with Crippen molar-refractivity contribution in [2.45, 2.75) is 6.42 Å². The molecule has 1 heterocycles. The van der Waals surface area contributed by atoms with E-state index in [4.69, 9.17) is 0 Å². The van der Waals surface area contributed by atoms with Crippen LogP contribution in [0.1, 0.15) is 6.42 Å². The van der Waals surface area contributed by atoms with Gasteiger partial charge < -0.3 is 15.3 Å². The highest BCUT2D eigenvalue weighted by Gasteiger charge is 2.25. The maximum absolute atomic E-state index is 12.0.